The Labute approximate surface area is 176 Å². The summed E-state index contributed by atoms with van der Waals surface area (Å²) in [4.78, 5) is 10.0. The van der Waals surface area contributed by atoms with Crippen LogP contribution in [0.15, 0.2) is 29.3 Å². The quantitative estimate of drug-likeness (QED) is 0.274. The zero-order valence-corrected chi connectivity index (χ0v) is 18.5. The largest absolute Gasteiger partial charge is 0.481 e. The molecule has 26 heavy (non-hydrogen) atoms. The van der Waals surface area contributed by atoms with E-state index in [1.165, 1.54) is 10.4 Å². The van der Waals surface area contributed by atoms with Gasteiger partial charge in [0.25, 0.3) is 0 Å². The molecule has 2 aromatic rings. The van der Waals surface area contributed by atoms with Crippen molar-refractivity contribution in [1.29, 1.82) is 0 Å². The van der Waals surface area contributed by atoms with Crippen molar-refractivity contribution in [3.05, 3.63) is 45.4 Å². The summed E-state index contributed by atoms with van der Waals surface area (Å²) < 4.78 is 5.37. The molecule has 5 nitrogen and oxygen atoms in total. The number of aliphatic imine (C=N–C) groups is 1. The van der Waals surface area contributed by atoms with Crippen molar-refractivity contribution >= 4 is 41.3 Å². The Morgan fingerprint density at radius 1 is 1.27 bits per heavy atom. The van der Waals surface area contributed by atoms with Crippen LogP contribution >= 0.6 is 35.3 Å². The van der Waals surface area contributed by atoms with Crippen molar-refractivity contribution in [3.63, 3.8) is 0 Å². The number of hydrogen-bond donors (Lipinski definition) is 2. The lowest BCUT2D eigenvalue weighted by atomic mass is 10.1. The van der Waals surface area contributed by atoms with Crippen LogP contribution in [0.1, 0.15) is 21.1 Å². The van der Waals surface area contributed by atoms with E-state index in [1.54, 1.807) is 18.4 Å². The van der Waals surface area contributed by atoms with Crippen LogP contribution in [0.4, 0.5) is 0 Å². The number of halogens is 1. The summed E-state index contributed by atoms with van der Waals surface area (Å²) in [5.74, 6) is 4.03. The monoisotopic (exact) mass is 484 g/mol. The highest BCUT2D eigenvalue weighted by Crippen LogP contribution is 2.16. The summed E-state index contributed by atoms with van der Waals surface area (Å²) in [7, 11) is 1.77. The highest BCUT2D eigenvalue weighted by atomic mass is 127. The molecule has 0 aliphatic rings. The second-order valence-corrected chi connectivity index (χ2v) is 6.78. The van der Waals surface area contributed by atoms with Gasteiger partial charge >= 0.3 is 0 Å². The number of thiazole rings is 1. The molecule has 1 aromatic carbocycles. The maximum atomic E-state index is 5.37. The second-order valence-electron chi connectivity index (χ2n) is 5.49. The van der Waals surface area contributed by atoms with Gasteiger partial charge in [-0.05, 0) is 38.0 Å². The number of guanidine groups is 1. The lowest BCUT2D eigenvalue weighted by molar-refractivity contribution is 0.370. The van der Waals surface area contributed by atoms with Gasteiger partial charge in [0.2, 0.25) is 0 Å². The molecule has 0 radical (unpaired) electrons. The van der Waals surface area contributed by atoms with Crippen LogP contribution in [-0.2, 0) is 13.0 Å². The molecule has 140 valence electrons. The molecule has 1 aromatic heterocycles. The number of benzene rings is 1. The summed E-state index contributed by atoms with van der Waals surface area (Å²) in [6.45, 7) is 5.89. The van der Waals surface area contributed by atoms with Gasteiger partial charge in [0.15, 0.2) is 5.96 Å². The Morgan fingerprint density at radius 3 is 2.58 bits per heavy atom. The summed E-state index contributed by atoms with van der Waals surface area (Å²) in [5.41, 5.74) is 2.32. The molecular formula is C19H25IN4OS. The van der Waals surface area contributed by atoms with E-state index in [0.717, 1.165) is 35.4 Å². The third-order valence-electron chi connectivity index (χ3n) is 3.66. The zero-order chi connectivity index (χ0) is 18.1. The molecule has 1 heterocycles. The third-order valence-corrected chi connectivity index (χ3v) is 4.73. The van der Waals surface area contributed by atoms with Crippen LogP contribution in [0.2, 0.25) is 0 Å². The fraction of sp³-hybridized carbons (Fsp3) is 0.368. The summed E-state index contributed by atoms with van der Waals surface area (Å²) >= 11 is 1.71. The fourth-order valence-electron chi connectivity index (χ4n) is 2.20. The smallest absolute Gasteiger partial charge is 0.191 e. The van der Waals surface area contributed by atoms with Crippen molar-refractivity contribution in [2.24, 2.45) is 4.99 Å². The van der Waals surface area contributed by atoms with E-state index >= 15 is 0 Å². The molecule has 0 aliphatic carbocycles. The zero-order valence-electron chi connectivity index (χ0n) is 15.3. The van der Waals surface area contributed by atoms with Crippen molar-refractivity contribution in [2.75, 3.05) is 20.2 Å². The molecule has 0 bridgehead atoms. The third kappa shape index (κ3) is 7.22. The van der Waals surface area contributed by atoms with Crippen LogP contribution in [0, 0.1) is 26.2 Å². The van der Waals surface area contributed by atoms with Gasteiger partial charge in [0.05, 0.1) is 12.2 Å². The number of rotatable bonds is 7. The number of hydrogen-bond acceptors (Lipinski definition) is 4. The lowest BCUT2D eigenvalue weighted by Crippen LogP contribution is -2.37. The molecule has 0 amide bonds. The van der Waals surface area contributed by atoms with E-state index in [-0.39, 0.29) is 24.0 Å². The summed E-state index contributed by atoms with van der Waals surface area (Å²) in [6.07, 6.45) is 6.07. The molecule has 2 N–H and O–H groups in total. The lowest BCUT2D eigenvalue weighted by Gasteiger charge is -2.11. The van der Waals surface area contributed by atoms with Crippen molar-refractivity contribution in [1.82, 2.24) is 15.6 Å². The second kappa shape index (κ2) is 11.8. The molecule has 2 rings (SSSR count). The van der Waals surface area contributed by atoms with Gasteiger partial charge in [-0.3, -0.25) is 4.99 Å². The SMILES string of the molecule is C#CCOc1ccc(CCNC(=NC)NCc2nc(C)c(C)s2)cc1.I. The highest BCUT2D eigenvalue weighted by Gasteiger charge is 2.04. The van der Waals surface area contributed by atoms with Gasteiger partial charge in [-0.2, -0.15) is 0 Å². The van der Waals surface area contributed by atoms with Gasteiger partial charge in [0.1, 0.15) is 17.4 Å². The summed E-state index contributed by atoms with van der Waals surface area (Å²) in [6, 6.07) is 7.97. The number of nitrogens with zero attached hydrogens (tertiary/aromatic N) is 2. The minimum absolute atomic E-state index is 0. The minimum atomic E-state index is 0. The molecule has 0 aliphatic heterocycles. The Bertz CT molecular complexity index is 730. The Morgan fingerprint density at radius 2 is 2.00 bits per heavy atom. The number of nitrogens with one attached hydrogen (secondary N) is 2. The molecule has 0 atom stereocenters. The number of aryl methyl sites for hydroxylation is 2. The van der Waals surface area contributed by atoms with Crippen molar-refractivity contribution in [3.8, 4) is 18.1 Å². The molecular weight excluding hydrogens is 459 g/mol. The first kappa shape index (κ1) is 22.3. The number of ether oxygens (including phenoxy) is 1. The molecule has 0 unspecified atom stereocenters. The van der Waals surface area contributed by atoms with Crippen LogP contribution in [0.5, 0.6) is 5.75 Å². The Balaban J connectivity index is 0.00000338. The van der Waals surface area contributed by atoms with E-state index in [1.807, 2.05) is 31.2 Å². The maximum absolute atomic E-state index is 5.37. The molecule has 7 heteroatoms. The maximum Gasteiger partial charge on any atom is 0.191 e. The number of aromatic nitrogens is 1. The van der Waals surface area contributed by atoms with E-state index < -0.39 is 0 Å². The van der Waals surface area contributed by atoms with Gasteiger partial charge in [-0.25, -0.2) is 4.98 Å². The normalized spacial score (nSPS) is 10.6. The Kier molecular flexibility index (Phi) is 10.1. The van der Waals surface area contributed by atoms with E-state index in [9.17, 15) is 0 Å². The molecule has 0 saturated heterocycles. The van der Waals surface area contributed by atoms with Crippen molar-refractivity contribution < 1.29 is 4.74 Å². The van der Waals surface area contributed by atoms with Gasteiger partial charge in [-0.15, -0.1) is 41.7 Å². The fourth-order valence-corrected chi connectivity index (χ4v) is 3.07. The predicted molar refractivity (Wildman–Crippen MR) is 120 cm³/mol. The molecule has 0 fully saturated rings. The van der Waals surface area contributed by atoms with Gasteiger partial charge in [0, 0.05) is 18.5 Å². The van der Waals surface area contributed by atoms with Crippen molar-refractivity contribution in [2.45, 2.75) is 26.8 Å². The Hall–Kier alpha value is -1.79. The van der Waals surface area contributed by atoms with E-state index in [0.29, 0.717) is 13.2 Å². The predicted octanol–water partition coefficient (Wildman–Crippen LogP) is 3.30. The first-order valence-electron chi connectivity index (χ1n) is 8.15. The highest BCUT2D eigenvalue weighted by molar-refractivity contribution is 14.0. The average Bonchev–Trinajstić information content (AvgIpc) is 2.95. The molecule has 0 spiro atoms. The average molecular weight is 484 g/mol. The first-order valence-corrected chi connectivity index (χ1v) is 8.96. The topological polar surface area (TPSA) is 58.5 Å². The standard InChI is InChI=1S/C19H24N4OS.HI/c1-5-12-24-17-8-6-16(7-9-17)10-11-21-19(20-4)22-13-18-23-14(2)15(3)25-18;/h1,6-9H,10-13H2,2-4H3,(H2,20,21,22);1H. The van der Waals surface area contributed by atoms with Crippen LogP contribution in [-0.4, -0.2) is 31.1 Å². The van der Waals surface area contributed by atoms with Crippen LogP contribution < -0.4 is 15.4 Å². The van der Waals surface area contributed by atoms with Gasteiger partial charge < -0.3 is 15.4 Å². The van der Waals surface area contributed by atoms with Gasteiger partial charge in [-0.1, -0.05) is 18.1 Å². The van der Waals surface area contributed by atoms with E-state index in [4.69, 9.17) is 11.2 Å². The first-order chi connectivity index (χ1) is 12.1. The minimum Gasteiger partial charge on any atom is -0.481 e. The molecule has 0 saturated carbocycles. The van der Waals surface area contributed by atoms with E-state index in [2.05, 4.69) is 33.5 Å². The number of terminal acetylenes is 1. The van der Waals surface area contributed by atoms with Crippen LogP contribution in [0.25, 0.3) is 0 Å². The van der Waals surface area contributed by atoms with Crippen LogP contribution in [0.3, 0.4) is 0 Å². The summed E-state index contributed by atoms with van der Waals surface area (Å²) in [5, 5.41) is 7.68.